The van der Waals surface area contributed by atoms with Gasteiger partial charge in [-0.25, -0.2) is 12.8 Å². The maximum Gasteiger partial charge on any atom is 0.262 e. The fourth-order valence-electron chi connectivity index (χ4n) is 1.62. The van der Waals surface area contributed by atoms with Crippen LogP contribution in [-0.2, 0) is 10.0 Å². The molecule has 0 spiro atoms. The van der Waals surface area contributed by atoms with Crippen LogP contribution in [0, 0.1) is 24.1 Å². The van der Waals surface area contributed by atoms with E-state index in [0.717, 1.165) is 6.20 Å². The second-order valence-electron chi connectivity index (χ2n) is 4.05. The molecule has 0 fully saturated rings. The van der Waals surface area contributed by atoms with E-state index in [-0.39, 0.29) is 16.1 Å². The number of sulfonamides is 1. The smallest absolute Gasteiger partial charge is 0.262 e. The van der Waals surface area contributed by atoms with Gasteiger partial charge < -0.3 is 0 Å². The number of nitrogens with zero attached hydrogens (tertiary/aromatic N) is 2. The molecule has 0 radical (unpaired) electrons. The highest BCUT2D eigenvalue weighted by atomic mass is 32.2. The van der Waals surface area contributed by atoms with Gasteiger partial charge in [0.2, 0.25) is 0 Å². The van der Waals surface area contributed by atoms with Gasteiger partial charge in [-0.3, -0.25) is 9.71 Å². The number of hydrogen-bond acceptors (Lipinski definition) is 4. The van der Waals surface area contributed by atoms with E-state index in [9.17, 15) is 12.8 Å². The van der Waals surface area contributed by atoms with Crippen LogP contribution in [0.4, 0.5) is 10.1 Å². The minimum absolute atomic E-state index is 0.0623. The largest absolute Gasteiger partial charge is 0.277 e. The predicted octanol–water partition coefficient (Wildman–Crippen LogP) is 2.20. The van der Waals surface area contributed by atoms with Crippen LogP contribution in [-0.4, -0.2) is 13.4 Å². The molecule has 0 aliphatic heterocycles. The molecule has 1 N–H and O–H groups in total. The van der Waals surface area contributed by atoms with Crippen LogP contribution < -0.4 is 4.72 Å². The van der Waals surface area contributed by atoms with E-state index < -0.39 is 15.8 Å². The molecule has 0 aliphatic carbocycles. The van der Waals surface area contributed by atoms with Gasteiger partial charge in [0, 0.05) is 6.20 Å². The third-order valence-electron chi connectivity index (χ3n) is 2.62. The summed E-state index contributed by atoms with van der Waals surface area (Å²) in [5.74, 6) is -0.773. The fraction of sp³-hybridized carbons (Fsp3) is 0.0769. The van der Waals surface area contributed by atoms with E-state index in [4.69, 9.17) is 5.26 Å². The van der Waals surface area contributed by atoms with Crippen molar-refractivity contribution in [1.29, 1.82) is 5.26 Å². The van der Waals surface area contributed by atoms with Gasteiger partial charge in [-0.05, 0) is 30.7 Å². The summed E-state index contributed by atoms with van der Waals surface area (Å²) in [4.78, 5) is 3.48. The van der Waals surface area contributed by atoms with Crippen molar-refractivity contribution in [2.24, 2.45) is 0 Å². The first-order valence-electron chi connectivity index (χ1n) is 5.57. The zero-order valence-corrected chi connectivity index (χ0v) is 11.3. The van der Waals surface area contributed by atoms with E-state index >= 15 is 0 Å². The molecule has 2 aromatic rings. The zero-order chi connectivity index (χ0) is 14.8. The Morgan fingerprint density at radius 3 is 2.75 bits per heavy atom. The van der Waals surface area contributed by atoms with E-state index in [1.165, 1.54) is 30.5 Å². The van der Waals surface area contributed by atoms with Crippen molar-refractivity contribution in [3.63, 3.8) is 0 Å². The lowest BCUT2D eigenvalue weighted by molar-refractivity contribution is 0.597. The number of aryl methyl sites for hydroxylation is 1. The topological polar surface area (TPSA) is 82.8 Å². The number of aromatic nitrogens is 1. The SMILES string of the molecule is Cc1ccc(C#N)cc1S(=O)(=O)Nc1ccncc1F. The highest BCUT2D eigenvalue weighted by Crippen LogP contribution is 2.21. The van der Waals surface area contributed by atoms with Crippen LogP contribution in [0.25, 0.3) is 0 Å². The number of nitrogens with one attached hydrogen (secondary N) is 1. The summed E-state index contributed by atoms with van der Waals surface area (Å²) in [6.07, 6.45) is 2.19. The molecule has 2 rings (SSSR count). The summed E-state index contributed by atoms with van der Waals surface area (Å²) in [6.45, 7) is 1.60. The Labute approximate surface area is 115 Å². The quantitative estimate of drug-likeness (QED) is 0.939. The molecule has 1 aromatic carbocycles. The average Bonchev–Trinajstić information content (AvgIpc) is 2.41. The standard InChI is InChI=1S/C13H10FN3O2S/c1-9-2-3-10(7-15)6-13(9)20(18,19)17-12-4-5-16-8-11(12)14/h2-6,8H,1H3,(H,16,17). The highest BCUT2D eigenvalue weighted by Gasteiger charge is 2.19. The van der Waals surface area contributed by atoms with Crippen LogP contribution >= 0.6 is 0 Å². The zero-order valence-electron chi connectivity index (χ0n) is 10.5. The monoisotopic (exact) mass is 291 g/mol. The number of anilines is 1. The van der Waals surface area contributed by atoms with Gasteiger partial charge in [0.1, 0.15) is 0 Å². The molecule has 7 heteroatoms. The van der Waals surface area contributed by atoms with Crippen molar-refractivity contribution < 1.29 is 12.8 Å². The van der Waals surface area contributed by atoms with Gasteiger partial charge in [-0.1, -0.05) is 6.07 Å². The number of rotatable bonds is 3. The first kappa shape index (κ1) is 14.0. The van der Waals surface area contributed by atoms with Gasteiger partial charge in [0.15, 0.2) is 5.82 Å². The number of halogens is 1. The van der Waals surface area contributed by atoms with Gasteiger partial charge in [0.25, 0.3) is 10.0 Å². The molecule has 0 aliphatic rings. The van der Waals surface area contributed by atoms with E-state index in [2.05, 4.69) is 9.71 Å². The minimum atomic E-state index is -3.97. The normalized spacial score (nSPS) is 10.8. The van der Waals surface area contributed by atoms with Crippen LogP contribution in [0.5, 0.6) is 0 Å². The summed E-state index contributed by atoms with van der Waals surface area (Å²) >= 11 is 0. The third kappa shape index (κ3) is 2.75. The molecular formula is C13H10FN3O2S. The Morgan fingerprint density at radius 1 is 1.35 bits per heavy atom. The predicted molar refractivity (Wildman–Crippen MR) is 70.9 cm³/mol. The second kappa shape index (κ2) is 5.27. The fourth-order valence-corrected chi connectivity index (χ4v) is 2.96. The van der Waals surface area contributed by atoms with E-state index in [0.29, 0.717) is 5.56 Å². The number of pyridine rings is 1. The number of nitriles is 1. The maximum absolute atomic E-state index is 13.4. The van der Waals surface area contributed by atoms with Crippen LogP contribution in [0.1, 0.15) is 11.1 Å². The molecule has 0 amide bonds. The number of hydrogen-bond donors (Lipinski definition) is 1. The maximum atomic E-state index is 13.4. The summed E-state index contributed by atoms with van der Waals surface area (Å²) in [7, 11) is -3.97. The minimum Gasteiger partial charge on any atom is -0.277 e. The molecule has 102 valence electrons. The van der Waals surface area contributed by atoms with Crippen molar-refractivity contribution in [1.82, 2.24) is 4.98 Å². The summed E-state index contributed by atoms with van der Waals surface area (Å²) in [5.41, 5.74) is 0.485. The molecule has 0 saturated heterocycles. The molecule has 1 aromatic heterocycles. The van der Waals surface area contributed by atoms with Crippen molar-refractivity contribution in [3.05, 3.63) is 53.6 Å². The molecule has 0 bridgehead atoms. The Hall–Kier alpha value is -2.46. The summed E-state index contributed by atoms with van der Waals surface area (Å²) < 4.78 is 40.1. The number of benzene rings is 1. The molecule has 0 atom stereocenters. The average molecular weight is 291 g/mol. The molecule has 20 heavy (non-hydrogen) atoms. The Kier molecular flexibility index (Phi) is 3.68. The van der Waals surface area contributed by atoms with Gasteiger partial charge >= 0.3 is 0 Å². The molecule has 1 heterocycles. The second-order valence-corrected chi connectivity index (χ2v) is 5.70. The summed E-state index contributed by atoms with van der Waals surface area (Å²) in [5, 5.41) is 8.82. The first-order chi connectivity index (χ1) is 9.44. The van der Waals surface area contributed by atoms with Crippen LogP contribution in [0.3, 0.4) is 0 Å². The molecule has 0 unspecified atom stereocenters. The molecule has 5 nitrogen and oxygen atoms in total. The van der Waals surface area contributed by atoms with Crippen LogP contribution in [0.2, 0.25) is 0 Å². The third-order valence-corrected chi connectivity index (χ3v) is 4.13. The van der Waals surface area contributed by atoms with Gasteiger partial charge in [-0.15, -0.1) is 0 Å². The lowest BCUT2D eigenvalue weighted by Gasteiger charge is -2.10. The Morgan fingerprint density at radius 2 is 2.10 bits per heavy atom. The van der Waals surface area contributed by atoms with Crippen molar-refractivity contribution in [3.8, 4) is 6.07 Å². The Bertz CT molecular complexity index is 798. The van der Waals surface area contributed by atoms with E-state index in [1.54, 1.807) is 6.92 Å². The van der Waals surface area contributed by atoms with Crippen LogP contribution in [0.15, 0.2) is 41.6 Å². The first-order valence-corrected chi connectivity index (χ1v) is 7.05. The lowest BCUT2D eigenvalue weighted by atomic mass is 10.2. The van der Waals surface area contributed by atoms with Gasteiger partial charge in [0.05, 0.1) is 28.4 Å². The molecule has 0 saturated carbocycles. The molecular weight excluding hydrogens is 281 g/mol. The van der Waals surface area contributed by atoms with Gasteiger partial charge in [-0.2, -0.15) is 5.26 Å². The van der Waals surface area contributed by atoms with Crippen molar-refractivity contribution in [2.75, 3.05) is 4.72 Å². The summed E-state index contributed by atoms with van der Waals surface area (Å²) in [6, 6.07) is 7.37. The Balaban J connectivity index is 2.47. The van der Waals surface area contributed by atoms with Crippen molar-refractivity contribution in [2.45, 2.75) is 11.8 Å². The van der Waals surface area contributed by atoms with E-state index in [1.807, 2.05) is 6.07 Å². The van der Waals surface area contributed by atoms with Crippen molar-refractivity contribution >= 4 is 15.7 Å². The highest BCUT2D eigenvalue weighted by molar-refractivity contribution is 7.92. The lowest BCUT2D eigenvalue weighted by Crippen LogP contribution is -2.15.